The summed E-state index contributed by atoms with van der Waals surface area (Å²) in [4.78, 5) is 25.1. The molecule has 1 aliphatic heterocycles. The maximum absolute atomic E-state index is 11.8. The first kappa shape index (κ1) is 13.9. The summed E-state index contributed by atoms with van der Waals surface area (Å²) in [5, 5.41) is 28.6. The third-order valence-electron chi connectivity index (χ3n) is 3.24. The highest BCUT2D eigenvalue weighted by atomic mass is 16.6. The zero-order chi connectivity index (χ0) is 14.2. The van der Waals surface area contributed by atoms with Crippen molar-refractivity contribution < 1.29 is 20.1 Å². The zero-order valence-corrected chi connectivity index (χ0v) is 10.4. The van der Waals surface area contributed by atoms with Crippen LogP contribution in [-0.2, 0) is 4.74 Å². The van der Waals surface area contributed by atoms with Gasteiger partial charge in [-0.25, -0.2) is 4.79 Å². The number of H-pyrrole nitrogens is 1. The van der Waals surface area contributed by atoms with Crippen LogP contribution in [-0.4, -0.2) is 49.8 Å². The van der Waals surface area contributed by atoms with Crippen LogP contribution in [0.25, 0.3) is 0 Å². The van der Waals surface area contributed by atoms with Gasteiger partial charge < -0.3 is 20.1 Å². The van der Waals surface area contributed by atoms with Gasteiger partial charge in [0.05, 0.1) is 19.3 Å². The summed E-state index contributed by atoms with van der Waals surface area (Å²) in [6.45, 7) is 0.542. The average molecular weight is 272 g/mol. The lowest BCUT2D eigenvalue weighted by Gasteiger charge is -2.27. The highest BCUT2D eigenvalue weighted by Gasteiger charge is 2.48. The van der Waals surface area contributed by atoms with Gasteiger partial charge in [-0.2, -0.15) is 0 Å². The minimum atomic E-state index is -1.68. The van der Waals surface area contributed by atoms with Crippen molar-refractivity contribution in [3.05, 3.63) is 32.6 Å². The number of rotatable bonds is 3. The van der Waals surface area contributed by atoms with Gasteiger partial charge in [0, 0.05) is 18.2 Å². The molecule has 2 heterocycles. The van der Waals surface area contributed by atoms with Crippen LogP contribution in [0, 0.1) is 6.92 Å². The highest BCUT2D eigenvalue weighted by molar-refractivity contribution is 5.04. The molecule has 106 valence electrons. The van der Waals surface area contributed by atoms with Crippen LogP contribution in [0.5, 0.6) is 0 Å². The fourth-order valence-corrected chi connectivity index (χ4v) is 2.19. The summed E-state index contributed by atoms with van der Waals surface area (Å²) in [7, 11) is 0. The number of hydrogen-bond acceptors (Lipinski definition) is 6. The van der Waals surface area contributed by atoms with Crippen molar-refractivity contribution >= 4 is 0 Å². The van der Waals surface area contributed by atoms with E-state index in [0.29, 0.717) is 0 Å². The molecule has 4 N–H and O–H groups in total. The Morgan fingerprint density at radius 1 is 1.53 bits per heavy atom. The van der Waals surface area contributed by atoms with Crippen molar-refractivity contribution in [2.45, 2.75) is 31.3 Å². The van der Waals surface area contributed by atoms with E-state index in [0.717, 1.165) is 4.57 Å². The van der Waals surface area contributed by atoms with E-state index >= 15 is 0 Å². The minimum Gasteiger partial charge on any atom is -0.394 e. The molecule has 0 aliphatic carbocycles. The van der Waals surface area contributed by atoms with E-state index in [-0.39, 0.29) is 18.6 Å². The fraction of sp³-hybridized carbons (Fsp3) is 0.636. The van der Waals surface area contributed by atoms with Crippen LogP contribution in [0.3, 0.4) is 0 Å². The summed E-state index contributed by atoms with van der Waals surface area (Å²) in [5.41, 5.74) is -2.67. The second-order valence-corrected chi connectivity index (χ2v) is 4.74. The fourth-order valence-electron chi connectivity index (χ4n) is 2.19. The van der Waals surface area contributed by atoms with E-state index < -0.39 is 35.8 Å². The van der Waals surface area contributed by atoms with E-state index in [4.69, 9.17) is 9.84 Å². The molecule has 1 aromatic heterocycles. The second-order valence-electron chi connectivity index (χ2n) is 4.74. The number of nitrogens with one attached hydrogen (secondary N) is 1. The van der Waals surface area contributed by atoms with Crippen LogP contribution in [0.1, 0.15) is 18.2 Å². The monoisotopic (exact) mass is 272 g/mol. The molecule has 0 amide bonds. The van der Waals surface area contributed by atoms with Gasteiger partial charge in [-0.05, 0) is 6.92 Å². The van der Waals surface area contributed by atoms with E-state index in [1.165, 1.54) is 13.1 Å². The highest BCUT2D eigenvalue weighted by Crippen LogP contribution is 2.36. The Morgan fingerprint density at radius 2 is 2.21 bits per heavy atom. The maximum atomic E-state index is 11.8. The zero-order valence-electron chi connectivity index (χ0n) is 10.4. The SMILES string of the molecule is Cc1cn([C@@H]2O[C@H](CO)C[C@]2(O)CO)c(=O)[nH]c1=O. The van der Waals surface area contributed by atoms with Crippen molar-refractivity contribution in [3.8, 4) is 0 Å². The maximum Gasteiger partial charge on any atom is 0.330 e. The van der Waals surface area contributed by atoms with E-state index in [2.05, 4.69) is 4.98 Å². The van der Waals surface area contributed by atoms with E-state index in [1.807, 2.05) is 0 Å². The number of hydrogen-bond donors (Lipinski definition) is 4. The Hall–Kier alpha value is -1.48. The molecule has 2 rings (SSSR count). The van der Waals surface area contributed by atoms with Crippen molar-refractivity contribution in [1.82, 2.24) is 9.55 Å². The van der Waals surface area contributed by atoms with Crippen LogP contribution in [0.4, 0.5) is 0 Å². The van der Waals surface area contributed by atoms with Crippen LogP contribution >= 0.6 is 0 Å². The molecule has 19 heavy (non-hydrogen) atoms. The molecule has 0 radical (unpaired) electrons. The van der Waals surface area contributed by atoms with Crippen LogP contribution < -0.4 is 11.2 Å². The molecule has 0 unspecified atom stereocenters. The third kappa shape index (κ3) is 2.35. The summed E-state index contributed by atoms with van der Waals surface area (Å²) in [5.74, 6) is 0. The lowest BCUT2D eigenvalue weighted by molar-refractivity contribution is -0.117. The largest absolute Gasteiger partial charge is 0.394 e. The Bertz CT molecular complexity index is 579. The van der Waals surface area contributed by atoms with Crippen molar-refractivity contribution in [3.63, 3.8) is 0 Å². The van der Waals surface area contributed by atoms with Gasteiger partial charge in [0.2, 0.25) is 0 Å². The summed E-state index contributed by atoms with van der Waals surface area (Å²) in [6, 6.07) is 0. The quantitative estimate of drug-likeness (QED) is 0.497. The number of aryl methyl sites for hydroxylation is 1. The summed E-state index contributed by atoms with van der Waals surface area (Å²) >= 11 is 0. The van der Waals surface area contributed by atoms with Gasteiger partial charge in [-0.1, -0.05) is 0 Å². The number of aliphatic hydroxyl groups excluding tert-OH is 2. The Labute approximate surface area is 107 Å². The number of nitrogens with zero attached hydrogens (tertiary/aromatic N) is 1. The molecule has 8 heteroatoms. The Balaban J connectivity index is 2.48. The lowest BCUT2D eigenvalue weighted by Crippen LogP contribution is -2.44. The van der Waals surface area contributed by atoms with Crippen molar-refractivity contribution in [1.29, 1.82) is 0 Å². The molecule has 0 spiro atoms. The lowest BCUT2D eigenvalue weighted by atomic mass is 9.98. The van der Waals surface area contributed by atoms with Gasteiger partial charge in [0.15, 0.2) is 6.23 Å². The third-order valence-corrected chi connectivity index (χ3v) is 3.24. The first-order chi connectivity index (χ1) is 8.91. The summed E-state index contributed by atoms with van der Waals surface area (Å²) < 4.78 is 6.38. The predicted octanol–water partition coefficient (Wildman–Crippen LogP) is -2.15. The summed E-state index contributed by atoms with van der Waals surface area (Å²) in [6.07, 6.45) is -0.583. The van der Waals surface area contributed by atoms with Gasteiger partial charge in [-0.15, -0.1) is 0 Å². The average Bonchev–Trinajstić information content (AvgIpc) is 2.72. The van der Waals surface area contributed by atoms with E-state index in [9.17, 15) is 19.8 Å². The topological polar surface area (TPSA) is 125 Å². The van der Waals surface area contributed by atoms with E-state index in [1.54, 1.807) is 0 Å². The molecule has 8 nitrogen and oxygen atoms in total. The Kier molecular flexibility index (Phi) is 3.59. The molecular formula is C11H16N2O6. The number of aliphatic hydroxyl groups is 3. The van der Waals surface area contributed by atoms with Gasteiger partial charge >= 0.3 is 5.69 Å². The van der Waals surface area contributed by atoms with Gasteiger partial charge in [0.25, 0.3) is 5.56 Å². The molecule has 1 saturated heterocycles. The van der Waals surface area contributed by atoms with Crippen molar-refractivity contribution in [2.24, 2.45) is 0 Å². The van der Waals surface area contributed by atoms with Gasteiger partial charge in [0.1, 0.15) is 5.60 Å². The van der Waals surface area contributed by atoms with Crippen LogP contribution in [0.2, 0.25) is 0 Å². The van der Waals surface area contributed by atoms with Crippen molar-refractivity contribution in [2.75, 3.05) is 13.2 Å². The normalized spacial score (nSPS) is 30.7. The van der Waals surface area contributed by atoms with Crippen LogP contribution in [0.15, 0.2) is 15.8 Å². The molecule has 0 saturated carbocycles. The minimum absolute atomic E-state index is 0.00468. The van der Waals surface area contributed by atoms with Gasteiger partial charge in [-0.3, -0.25) is 14.3 Å². The molecule has 1 aromatic rings. The molecule has 3 atom stereocenters. The molecule has 0 aromatic carbocycles. The first-order valence-electron chi connectivity index (χ1n) is 5.83. The standard InChI is InChI=1S/C11H16N2O6/c1-6-3-13(10(17)12-8(6)16)9-11(18,5-15)2-7(4-14)19-9/h3,7,9,14-15,18H,2,4-5H2,1H3,(H,12,16,17)/t7-,9+,11-/m0/s1. The molecule has 0 bridgehead atoms. The first-order valence-corrected chi connectivity index (χ1v) is 5.83. The molecular weight excluding hydrogens is 256 g/mol. The predicted molar refractivity (Wildman–Crippen MR) is 63.7 cm³/mol. The second kappa shape index (κ2) is 4.89. The number of aromatic nitrogens is 2. The smallest absolute Gasteiger partial charge is 0.330 e. The number of aromatic amines is 1. The Morgan fingerprint density at radius 3 is 2.79 bits per heavy atom. The molecule has 1 fully saturated rings. The molecule has 1 aliphatic rings. The number of ether oxygens (including phenoxy) is 1.